The summed E-state index contributed by atoms with van der Waals surface area (Å²) in [6.07, 6.45) is 3.65. The molecular formula is C19H29N3O2. The highest BCUT2D eigenvalue weighted by atomic mass is 16.2. The smallest absolute Gasteiger partial charge is 0.224 e. The number of rotatable bonds is 7. The number of carbonyl (C=O) groups is 2. The van der Waals surface area contributed by atoms with Crippen LogP contribution in [0.5, 0.6) is 0 Å². The van der Waals surface area contributed by atoms with Crippen LogP contribution in [-0.2, 0) is 9.59 Å². The molecule has 2 N–H and O–H groups in total. The second kappa shape index (κ2) is 9.42. The van der Waals surface area contributed by atoms with Crippen molar-refractivity contribution in [2.75, 3.05) is 26.7 Å². The minimum absolute atomic E-state index is 0.109. The summed E-state index contributed by atoms with van der Waals surface area (Å²) in [6.45, 7) is 4.19. The molecule has 1 aromatic carbocycles. The summed E-state index contributed by atoms with van der Waals surface area (Å²) in [6, 6.07) is 9.46. The zero-order valence-corrected chi connectivity index (χ0v) is 14.8. The van der Waals surface area contributed by atoms with E-state index in [2.05, 4.69) is 10.6 Å². The van der Waals surface area contributed by atoms with Crippen LogP contribution >= 0.6 is 0 Å². The molecule has 24 heavy (non-hydrogen) atoms. The lowest BCUT2D eigenvalue weighted by atomic mass is 9.93. The number of likely N-dealkylation sites (tertiary alicyclic amines) is 1. The third kappa shape index (κ3) is 5.64. The molecule has 0 spiro atoms. The molecule has 2 amide bonds. The van der Waals surface area contributed by atoms with Crippen LogP contribution < -0.4 is 10.6 Å². The SMILES string of the molecule is CNCCC1CCN(C(=O)CC(NC(C)=O)c2ccccc2)CC1. The molecule has 132 valence electrons. The van der Waals surface area contributed by atoms with E-state index in [4.69, 9.17) is 0 Å². The molecule has 0 bridgehead atoms. The van der Waals surface area contributed by atoms with Crippen molar-refractivity contribution in [1.82, 2.24) is 15.5 Å². The highest BCUT2D eigenvalue weighted by Gasteiger charge is 2.25. The Balaban J connectivity index is 1.90. The van der Waals surface area contributed by atoms with Crippen molar-refractivity contribution in [3.63, 3.8) is 0 Å². The first-order valence-corrected chi connectivity index (χ1v) is 8.84. The second-order valence-corrected chi connectivity index (χ2v) is 6.58. The van der Waals surface area contributed by atoms with E-state index in [-0.39, 0.29) is 17.9 Å². The topological polar surface area (TPSA) is 61.4 Å². The van der Waals surface area contributed by atoms with Gasteiger partial charge in [0.2, 0.25) is 11.8 Å². The lowest BCUT2D eigenvalue weighted by Crippen LogP contribution is -2.41. The van der Waals surface area contributed by atoms with Gasteiger partial charge in [-0.1, -0.05) is 30.3 Å². The molecule has 0 aliphatic carbocycles. The molecule has 1 aliphatic heterocycles. The molecule has 2 rings (SSSR count). The average Bonchev–Trinajstić information content (AvgIpc) is 2.60. The van der Waals surface area contributed by atoms with E-state index < -0.39 is 0 Å². The van der Waals surface area contributed by atoms with Crippen molar-refractivity contribution >= 4 is 11.8 Å². The summed E-state index contributed by atoms with van der Waals surface area (Å²) in [7, 11) is 1.98. The van der Waals surface area contributed by atoms with Crippen LogP contribution in [0.25, 0.3) is 0 Å². The van der Waals surface area contributed by atoms with E-state index in [1.165, 1.54) is 13.3 Å². The molecular weight excluding hydrogens is 302 g/mol. The zero-order valence-electron chi connectivity index (χ0n) is 14.8. The van der Waals surface area contributed by atoms with Gasteiger partial charge in [-0.05, 0) is 44.3 Å². The number of amides is 2. The van der Waals surface area contributed by atoms with E-state index in [1.54, 1.807) is 0 Å². The Morgan fingerprint density at radius 3 is 2.46 bits per heavy atom. The van der Waals surface area contributed by atoms with Gasteiger partial charge in [-0.15, -0.1) is 0 Å². The first-order chi connectivity index (χ1) is 11.6. The fourth-order valence-corrected chi connectivity index (χ4v) is 3.31. The minimum atomic E-state index is -0.252. The molecule has 0 saturated carbocycles. The van der Waals surface area contributed by atoms with Crippen molar-refractivity contribution in [3.8, 4) is 0 Å². The third-order valence-corrected chi connectivity index (χ3v) is 4.73. The molecule has 5 nitrogen and oxygen atoms in total. The molecule has 1 saturated heterocycles. The summed E-state index contributed by atoms with van der Waals surface area (Å²) in [5.41, 5.74) is 0.977. The molecule has 0 aromatic heterocycles. The van der Waals surface area contributed by atoms with Crippen LogP contribution in [0.1, 0.15) is 44.2 Å². The van der Waals surface area contributed by atoms with Crippen molar-refractivity contribution < 1.29 is 9.59 Å². The van der Waals surface area contributed by atoms with Gasteiger partial charge < -0.3 is 15.5 Å². The van der Waals surface area contributed by atoms with Crippen molar-refractivity contribution in [2.45, 2.75) is 38.6 Å². The Labute approximate surface area is 144 Å². The highest BCUT2D eigenvalue weighted by Crippen LogP contribution is 2.23. The van der Waals surface area contributed by atoms with Crippen LogP contribution in [0.4, 0.5) is 0 Å². The monoisotopic (exact) mass is 331 g/mol. The molecule has 1 heterocycles. The maximum absolute atomic E-state index is 12.6. The van der Waals surface area contributed by atoms with Crippen LogP contribution in [0.3, 0.4) is 0 Å². The average molecular weight is 331 g/mol. The normalized spacial score (nSPS) is 16.7. The number of hydrogen-bond donors (Lipinski definition) is 2. The molecule has 1 fully saturated rings. The van der Waals surface area contributed by atoms with E-state index in [1.807, 2.05) is 42.3 Å². The summed E-state index contributed by atoms with van der Waals surface area (Å²) < 4.78 is 0. The van der Waals surface area contributed by atoms with Crippen LogP contribution in [0, 0.1) is 5.92 Å². The Morgan fingerprint density at radius 1 is 1.21 bits per heavy atom. The predicted molar refractivity (Wildman–Crippen MR) is 95.5 cm³/mol. The number of benzene rings is 1. The van der Waals surface area contributed by atoms with Crippen LogP contribution in [0.15, 0.2) is 30.3 Å². The standard InChI is InChI=1S/C19H29N3O2/c1-15(23)21-18(17-6-4-3-5-7-17)14-19(24)22-12-9-16(10-13-22)8-11-20-2/h3-7,16,18,20H,8-14H2,1-2H3,(H,21,23). The third-order valence-electron chi connectivity index (χ3n) is 4.73. The summed E-state index contributed by atoms with van der Waals surface area (Å²) in [4.78, 5) is 26.1. The highest BCUT2D eigenvalue weighted by molar-refractivity contribution is 5.79. The predicted octanol–water partition coefficient (Wildman–Crippen LogP) is 2.10. The van der Waals surface area contributed by atoms with Crippen molar-refractivity contribution in [1.29, 1.82) is 0 Å². The van der Waals surface area contributed by atoms with Crippen molar-refractivity contribution in [2.24, 2.45) is 5.92 Å². The van der Waals surface area contributed by atoms with Crippen LogP contribution in [-0.4, -0.2) is 43.4 Å². The molecule has 1 atom stereocenters. The van der Waals surface area contributed by atoms with E-state index in [0.29, 0.717) is 12.3 Å². The number of nitrogens with one attached hydrogen (secondary N) is 2. The maximum atomic E-state index is 12.6. The number of carbonyl (C=O) groups excluding carboxylic acids is 2. The van der Waals surface area contributed by atoms with Gasteiger partial charge in [0, 0.05) is 20.0 Å². The molecule has 1 unspecified atom stereocenters. The molecule has 0 radical (unpaired) electrons. The quantitative estimate of drug-likeness (QED) is 0.804. The lowest BCUT2D eigenvalue weighted by molar-refractivity contribution is -0.133. The van der Waals surface area contributed by atoms with Gasteiger partial charge in [0.05, 0.1) is 12.5 Å². The van der Waals surface area contributed by atoms with Gasteiger partial charge in [-0.3, -0.25) is 9.59 Å². The molecule has 1 aliphatic rings. The van der Waals surface area contributed by atoms with Gasteiger partial charge >= 0.3 is 0 Å². The van der Waals surface area contributed by atoms with Gasteiger partial charge in [0.15, 0.2) is 0 Å². The Hall–Kier alpha value is -1.88. The van der Waals surface area contributed by atoms with Gasteiger partial charge in [0.25, 0.3) is 0 Å². The summed E-state index contributed by atoms with van der Waals surface area (Å²) in [5.74, 6) is 0.730. The second-order valence-electron chi connectivity index (χ2n) is 6.58. The zero-order chi connectivity index (χ0) is 17.4. The Bertz CT molecular complexity index is 525. The lowest BCUT2D eigenvalue weighted by Gasteiger charge is -2.33. The first kappa shape index (κ1) is 18.5. The Morgan fingerprint density at radius 2 is 1.88 bits per heavy atom. The van der Waals surface area contributed by atoms with E-state index in [0.717, 1.165) is 38.0 Å². The van der Waals surface area contributed by atoms with E-state index >= 15 is 0 Å². The van der Waals surface area contributed by atoms with Gasteiger partial charge in [-0.2, -0.15) is 0 Å². The minimum Gasteiger partial charge on any atom is -0.349 e. The fraction of sp³-hybridized carbons (Fsp3) is 0.579. The molecule has 1 aromatic rings. The molecule has 5 heteroatoms. The van der Waals surface area contributed by atoms with Crippen molar-refractivity contribution in [3.05, 3.63) is 35.9 Å². The van der Waals surface area contributed by atoms with Gasteiger partial charge in [-0.25, -0.2) is 0 Å². The maximum Gasteiger partial charge on any atom is 0.224 e. The largest absolute Gasteiger partial charge is 0.349 e. The fourth-order valence-electron chi connectivity index (χ4n) is 3.31. The van der Waals surface area contributed by atoms with E-state index in [9.17, 15) is 9.59 Å². The number of nitrogens with zero attached hydrogens (tertiary/aromatic N) is 1. The van der Waals surface area contributed by atoms with Crippen LogP contribution in [0.2, 0.25) is 0 Å². The number of hydrogen-bond acceptors (Lipinski definition) is 3. The summed E-state index contributed by atoms with van der Waals surface area (Å²) >= 11 is 0. The number of piperidine rings is 1. The summed E-state index contributed by atoms with van der Waals surface area (Å²) in [5, 5.41) is 6.10. The Kier molecular flexibility index (Phi) is 7.25. The van der Waals surface area contributed by atoms with Gasteiger partial charge in [0.1, 0.15) is 0 Å². The first-order valence-electron chi connectivity index (χ1n) is 8.84.